The molecular weight excluding hydrogens is 150 g/mol. The molecule has 0 fully saturated rings. The van der Waals surface area contributed by atoms with Crippen molar-refractivity contribution in [2.45, 2.75) is 33.5 Å². The lowest BCUT2D eigenvalue weighted by molar-refractivity contribution is 0.533. The van der Waals surface area contributed by atoms with Gasteiger partial charge < -0.3 is 4.90 Å². The molecule has 0 aliphatic heterocycles. The van der Waals surface area contributed by atoms with E-state index < -0.39 is 8.07 Å². The zero-order chi connectivity index (χ0) is 9.23. The Morgan fingerprint density at radius 2 is 1.36 bits per heavy atom. The van der Waals surface area contributed by atoms with E-state index in [0.717, 1.165) is 0 Å². The highest BCUT2D eigenvalue weighted by Crippen LogP contribution is 2.19. The zero-order valence-electron chi connectivity index (χ0n) is 8.95. The van der Waals surface area contributed by atoms with Gasteiger partial charge in [0.15, 0.2) is 0 Å². The first-order chi connectivity index (χ1) is 4.76. The number of nitrogens with zero attached hydrogens (tertiary/aromatic N) is 1. The number of hydrogen-bond acceptors (Lipinski definition) is 1. The number of rotatable bonds is 2. The SMILES string of the molecule is CC(C)=C(N(C)C)[Si](C)(C)C. The fourth-order valence-corrected chi connectivity index (χ4v) is 4.71. The van der Waals surface area contributed by atoms with Gasteiger partial charge in [-0.2, -0.15) is 0 Å². The van der Waals surface area contributed by atoms with Gasteiger partial charge in [0.25, 0.3) is 0 Å². The third kappa shape index (κ3) is 3.10. The Labute approximate surface area is 72.1 Å². The number of allylic oxidation sites excluding steroid dienone is 1. The van der Waals surface area contributed by atoms with Gasteiger partial charge in [0.1, 0.15) is 0 Å². The molecular formula is C9H21NSi. The second-order valence-corrected chi connectivity index (χ2v) is 9.47. The average Bonchev–Trinajstić information content (AvgIpc) is 1.54. The average molecular weight is 171 g/mol. The molecule has 0 N–H and O–H groups in total. The van der Waals surface area contributed by atoms with Crippen LogP contribution in [0, 0.1) is 0 Å². The Balaban J connectivity index is 4.80. The molecule has 1 nitrogen and oxygen atoms in total. The molecule has 0 aliphatic carbocycles. The van der Waals surface area contributed by atoms with E-state index >= 15 is 0 Å². The third-order valence-corrected chi connectivity index (χ3v) is 4.00. The molecule has 0 saturated carbocycles. The maximum absolute atomic E-state index is 2.38. The van der Waals surface area contributed by atoms with Crippen molar-refractivity contribution in [3.8, 4) is 0 Å². The highest BCUT2D eigenvalue weighted by atomic mass is 28.3. The molecule has 2 heteroatoms. The van der Waals surface area contributed by atoms with Crippen molar-refractivity contribution in [3.05, 3.63) is 10.9 Å². The summed E-state index contributed by atoms with van der Waals surface area (Å²) in [5.74, 6) is 0. The maximum Gasteiger partial charge on any atom is 0.0978 e. The van der Waals surface area contributed by atoms with Crippen LogP contribution >= 0.6 is 0 Å². The Hall–Kier alpha value is -0.243. The standard InChI is InChI=1S/C9H21NSi/c1-8(2)9(10(3)4)11(5,6)7/h1-7H3. The summed E-state index contributed by atoms with van der Waals surface area (Å²) < 4.78 is 0. The molecule has 0 aromatic rings. The van der Waals surface area contributed by atoms with Gasteiger partial charge in [0.2, 0.25) is 0 Å². The van der Waals surface area contributed by atoms with Crippen molar-refractivity contribution in [1.29, 1.82) is 0 Å². The first-order valence-electron chi connectivity index (χ1n) is 4.12. The van der Waals surface area contributed by atoms with Crippen LogP contribution in [0.25, 0.3) is 0 Å². The molecule has 0 rings (SSSR count). The van der Waals surface area contributed by atoms with Crippen LogP contribution in [0.5, 0.6) is 0 Å². The van der Waals surface area contributed by atoms with Crippen LogP contribution in [0.3, 0.4) is 0 Å². The van der Waals surface area contributed by atoms with Crippen LogP contribution in [0.4, 0.5) is 0 Å². The summed E-state index contributed by atoms with van der Waals surface area (Å²) in [6, 6.07) is 0. The minimum absolute atomic E-state index is 1.11. The molecule has 0 heterocycles. The van der Waals surface area contributed by atoms with Crippen molar-refractivity contribution < 1.29 is 0 Å². The summed E-state index contributed by atoms with van der Waals surface area (Å²) in [6.07, 6.45) is 0. The minimum atomic E-state index is -1.11. The van der Waals surface area contributed by atoms with E-state index in [4.69, 9.17) is 0 Å². The molecule has 0 spiro atoms. The van der Waals surface area contributed by atoms with Gasteiger partial charge >= 0.3 is 0 Å². The second-order valence-electron chi connectivity index (χ2n) is 4.49. The van der Waals surface area contributed by atoms with E-state index in [1.807, 2.05) is 0 Å². The summed E-state index contributed by atoms with van der Waals surface area (Å²) in [7, 11) is 3.17. The maximum atomic E-state index is 2.38. The monoisotopic (exact) mass is 171 g/mol. The molecule has 0 unspecified atom stereocenters. The summed E-state index contributed by atoms with van der Waals surface area (Å²) >= 11 is 0. The first kappa shape index (κ1) is 10.8. The molecule has 0 amide bonds. The van der Waals surface area contributed by atoms with Crippen molar-refractivity contribution in [2.24, 2.45) is 0 Å². The quantitative estimate of drug-likeness (QED) is 0.577. The van der Waals surface area contributed by atoms with Crippen LogP contribution in [-0.2, 0) is 0 Å². The molecule has 66 valence electrons. The van der Waals surface area contributed by atoms with Gasteiger partial charge in [0.05, 0.1) is 8.07 Å². The Kier molecular flexibility index (Phi) is 3.36. The largest absolute Gasteiger partial charge is 0.385 e. The van der Waals surface area contributed by atoms with Crippen LogP contribution in [0.2, 0.25) is 19.6 Å². The Morgan fingerprint density at radius 3 is 1.36 bits per heavy atom. The van der Waals surface area contributed by atoms with Crippen LogP contribution in [0.15, 0.2) is 10.9 Å². The van der Waals surface area contributed by atoms with Crippen LogP contribution in [0.1, 0.15) is 13.8 Å². The van der Waals surface area contributed by atoms with E-state index in [1.165, 1.54) is 5.57 Å². The van der Waals surface area contributed by atoms with Gasteiger partial charge in [-0.1, -0.05) is 25.2 Å². The zero-order valence-corrected chi connectivity index (χ0v) is 9.95. The lowest BCUT2D eigenvalue weighted by atomic mass is 10.4. The van der Waals surface area contributed by atoms with Crippen LogP contribution in [-0.4, -0.2) is 27.1 Å². The predicted octanol–water partition coefficient (Wildman–Crippen LogP) is 2.72. The Bertz CT molecular complexity index is 159. The molecule has 0 atom stereocenters. The molecule has 0 saturated heterocycles. The summed E-state index contributed by atoms with van der Waals surface area (Å²) in [4.78, 5) is 2.27. The molecule has 0 aliphatic rings. The second kappa shape index (κ2) is 3.44. The Morgan fingerprint density at radius 1 is 1.00 bits per heavy atom. The molecule has 0 aromatic carbocycles. The molecule has 11 heavy (non-hydrogen) atoms. The summed E-state index contributed by atoms with van der Waals surface area (Å²) in [6.45, 7) is 11.6. The summed E-state index contributed by atoms with van der Waals surface area (Å²) in [5.41, 5.74) is 1.47. The predicted molar refractivity (Wildman–Crippen MR) is 55.4 cm³/mol. The lowest BCUT2D eigenvalue weighted by Gasteiger charge is -2.29. The van der Waals surface area contributed by atoms with E-state index in [0.29, 0.717) is 0 Å². The lowest BCUT2D eigenvalue weighted by Crippen LogP contribution is -2.34. The highest BCUT2D eigenvalue weighted by molar-refractivity contribution is 6.82. The van der Waals surface area contributed by atoms with E-state index in [2.05, 4.69) is 52.5 Å². The number of hydrogen-bond donors (Lipinski definition) is 0. The normalized spacial score (nSPS) is 11.2. The molecule has 0 bridgehead atoms. The first-order valence-corrected chi connectivity index (χ1v) is 7.62. The smallest absolute Gasteiger partial charge is 0.0978 e. The van der Waals surface area contributed by atoms with Gasteiger partial charge in [-0.3, -0.25) is 0 Å². The highest BCUT2D eigenvalue weighted by Gasteiger charge is 2.21. The molecule has 0 aromatic heterocycles. The van der Waals surface area contributed by atoms with Crippen molar-refractivity contribution in [3.63, 3.8) is 0 Å². The van der Waals surface area contributed by atoms with Crippen LogP contribution < -0.4 is 0 Å². The van der Waals surface area contributed by atoms with E-state index in [-0.39, 0.29) is 0 Å². The molecule has 0 radical (unpaired) electrons. The van der Waals surface area contributed by atoms with E-state index in [1.54, 1.807) is 5.32 Å². The topological polar surface area (TPSA) is 3.24 Å². The fraction of sp³-hybridized carbons (Fsp3) is 0.778. The fourth-order valence-electron chi connectivity index (χ4n) is 1.87. The third-order valence-electron chi connectivity index (χ3n) is 1.63. The van der Waals surface area contributed by atoms with Crippen molar-refractivity contribution in [2.75, 3.05) is 14.1 Å². The van der Waals surface area contributed by atoms with Crippen molar-refractivity contribution >= 4 is 8.07 Å². The van der Waals surface area contributed by atoms with Gasteiger partial charge in [-0.15, -0.1) is 0 Å². The van der Waals surface area contributed by atoms with Gasteiger partial charge in [-0.25, -0.2) is 0 Å². The summed E-state index contributed by atoms with van der Waals surface area (Å²) in [5, 5.41) is 1.57. The van der Waals surface area contributed by atoms with Gasteiger partial charge in [-0.05, 0) is 19.2 Å². The van der Waals surface area contributed by atoms with E-state index in [9.17, 15) is 0 Å². The minimum Gasteiger partial charge on any atom is -0.385 e. The van der Waals surface area contributed by atoms with Crippen molar-refractivity contribution in [1.82, 2.24) is 4.90 Å². The van der Waals surface area contributed by atoms with Gasteiger partial charge in [0, 0.05) is 14.1 Å².